The summed E-state index contributed by atoms with van der Waals surface area (Å²) in [6.07, 6.45) is 0. The maximum absolute atomic E-state index is 14.9. The van der Waals surface area contributed by atoms with E-state index in [4.69, 9.17) is 0 Å². The number of hydrogen-bond donors (Lipinski definition) is 1. The van der Waals surface area contributed by atoms with Gasteiger partial charge in [-0.2, -0.15) is 5.10 Å². The first-order valence-corrected chi connectivity index (χ1v) is 9.52. The van der Waals surface area contributed by atoms with Crippen LogP contribution in [-0.4, -0.2) is 21.0 Å². The van der Waals surface area contributed by atoms with E-state index >= 15 is 0 Å². The molecule has 1 N–H and O–H groups in total. The fourth-order valence-electron chi connectivity index (χ4n) is 3.95. The Morgan fingerprint density at radius 2 is 1.65 bits per heavy atom. The zero-order chi connectivity index (χ0) is 21.5. The fourth-order valence-corrected chi connectivity index (χ4v) is 3.95. The summed E-state index contributed by atoms with van der Waals surface area (Å²) in [5.41, 5.74) is 2.75. The Hall–Kier alpha value is -4.33. The molecule has 0 radical (unpaired) electrons. The third-order valence-corrected chi connectivity index (χ3v) is 5.35. The highest BCUT2D eigenvalue weighted by atomic mass is 19.1. The zero-order valence-corrected chi connectivity index (χ0v) is 16.0. The van der Waals surface area contributed by atoms with Crippen molar-refractivity contribution >= 4 is 17.3 Å². The smallest absolute Gasteiger partial charge is 0.277 e. The van der Waals surface area contributed by atoms with Crippen LogP contribution in [0, 0.1) is 15.9 Å². The van der Waals surface area contributed by atoms with Gasteiger partial charge < -0.3 is 0 Å². The van der Waals surface area contributed by atoms with Crippen LogP contribution < -0.4 is 4.90 Å². The number of anilines is 1. The molecule has 1 atom stereocenters. The first kappa shape index (κ1) is 18.7. The van der Waals surface area contributed by atoms with Gasteiger partial charge in [0, 0.05) is 34.5 Å². The number of rotatable bonds is 4. The van der Waals surface area contributed by atoms with Crippen LogP contribution in [0.25, 0.3) is 11.3 Å². The van der Waals surface area contributed by atoms with Crippen molar-refractivity contribution in [3.05, 3.63) is 112 Å². The number of carbonyl (C=O) groups excluding carboxylic acids is 1. The molecular weight excluding hydrogens is 399 g/mol. The molecule has 1 aliphatic heterocycles. The first-order valence-electron chi connectivity index (χ1n) is 9.52. The second-order valence-electron chi connectivity index (χ2n) is 7.10. The molecule has 2 heterocycles. The van der Waals surface area contributed by atoms with Gasteiger partial charge in [0.2, 0.25) is 0 Å². The second kappa shape index (κ2) is 7.17. The fraction of sp³-hybridized carbons (Fsp3) is 0.0435. The summed E-state index contributed by atoms with van der Waals surface area (Å²) in [6.45, 7) is 0. The molecule has 7 nitrogen and oxygen atoms in total. The highest BCUT2D eigenvalue weighted by Crippen LogP contribution is 2.45. The Bertz CT molecular complexity index is 1300. The number of hydrogen-bond acceptors (Lipinski definition) is 4. The van der Waals surface area contributed by atoms with E-state index in [-0.39, 0.29) is 17.3 Å². The van der Waals surface area contributed by atoms with Gasteiger partial charge in [-0.1, -0.05) is 36.4 Å². The summed E-state index contributed by atoms with van der Waals surface area (Å²) < 4.78 is 14.9. The predicted octanol–water partition coefficient (Wildman–Crippen LogP) is 4.87. The molecular formula is C23H15FN4O3. The predicted molar refractivity (Wildman–Crippen MR) is 112 cm³/mol. The molecule has 3 aromatic carbocycles. The minimum absolute atomic E-state index is 0.0522. The van der Waals surface area contributed by atoms with E-state index in [1.54, 1.807) is 42.5 Å². The molecule has 4 aromatic rings. The van der Waals surface area contributed by atoms with E-state index in [0.29, 0.717) is 28.1 Å². The van der Waals surface area contributed by atoms with Crippen LogP contribution in [-0.2, 0) is 0 Å². The Balaban J connectivity index is 1.71. The molecule has 0 saturated heterocycles. The van der Waals surface area contributed by atoms with Gasteiger partial charge in [-0.25, -0.2) is 4.39 Å². The number of nitro benzene ring substituents is 1. The minimum Gasteiger partial charge on any atom is -0.295 e. The highest BCUT2D eigenvalue weighted by molar-refractivity contribution is 6.11. The maximum Gasteiger partial charge on any atom is 0.277 e. The topological polar surface area (TPSA) is 92.1 Å². The average Bonchev–Trinajstić information content (AvgIpc) is 3.34. The molecule has 8 heteroatoms. The van der Waals surface area contributed by atoms with Crippen molar-refractivity contribution in [1.29, 1.82) is 0 Å². The number of halogens is 1. The molecule has 0 aliphatic carbocycles. The van der Waals surface area contributed by atoms with Crippen molar-refractivity contribution in [2.45, 2.75) is 6.04 Å². The van der Waals surface area contributed by atoms with Gasteiger partial charge in [0.1, 0.15) is 11.5 Å². The molecule has 5 rings (SSSR count). The number of amides is 1. The van der Waals surface area contributed by atoms with E-state index in [0.717, 1.165) is 0 Å². The molecule has 0 saturated carbocycles. The van der Waals surface area contributed by atoms with Crippen LogP contribution in [0.4, 0.5) is 15.8 Å². The molecule has 1 aliphatic rings. The monoisotopic (exact) mass is 414 g/mol. The van der Waals surface area contributed by atoms with Crippen LogP contribution in [0.15, 0.2) is 78.9 Å². The number of aromatic amines is 1. The molecule has 0 bridgehead atoms. The lowest BCUT2D eigenvalue weighted by molar-refractivity contribution is -0.384. The number of para-hydroxylation sites is 1. The Labute approximate surface area is 175 Å². The summed E-state index contributed by atoms with van der Waals surface area (Å²) in [6, 6.07) is 20.5. The summed E-state index contributed by atoms with van der Waals surface area (Å²) >= 11 is 0. The van der Waals surface area contributed by atoms with Gasteiger partial charge in [0.05, 0.1) is 16.7 Å². The molecule has 152 valence electrons. The molecule has 1 amide bonds. The number of benzene rings is 3. The van der Waals surface area contributed by atoms with Crippen LogP contribution in [0.3, 0.4) is 0 Å². The third kappa shape index (κ3) is 2.96. The Morgan fingerprint density at radius 1 is 0.968 bits per heavy atom. The minimum atomic E-state index is -0.741. The molecule has 0 fully saturated rings. The lowest BCUT2D eigenvalue weighted by Gasteiger charge is -2.26. The summed E-state index contributed by atoms with van der Waals surface area (Å²) in [7, 11) is 0. The van der Waals surface area contributed by atoms with Crippen molar-refractivity contribution < 1.29 is 14.1 Å². The summed E-state index contributed by atoms with van der Waals surface area (Å²) in [5.74, 6) is -0.764. The molecule has 1 aromatic heterocycles. The normalized spacial score (nSPS) is 15.2. The van der Waals surface area contributed by atoms with E-state index in [2.05, 4.69) is 10.2 Å². The number of fused-ring (bicyclic) bond motifs is 1. The average molecular weight is 414 g/mol. The molecule has 1 unspecified atom stereocenters. The van der Waals surface area contributed by atoms with Crippen molar-refractivity contribution in [1.82, 2.24) is 10.2 Å². The number of non-ortho nitro benzene ring substituents is 1. The van der Waals surface area contributed by atoms with E-state index in [9.17, 15) is 19.3 Å². The Kier molecular flexibility index (Phi) is 4.32. The van der Waals surface area contributed by atoms with E-state index in [1.165, 1.54) is 23.1 Å². The van der Waals surface area contributed by atoms with E-state index < -0.39 is 16.8 Å². The SMILES string of the molecule is O=C1c2[nH]nc(-c3ccc([N+](=O)[O-])cc3)c2C(c2ccccc2F)N1c1ccccc1. The number of aromatic nitrogens is 2. The van der Waals surface area contributed by atoms with Gasteiger partial charge >= 0.3 is 0 Å². The van der Waals surface area contributed by atoms with Crippen LogP contribution in [0.1, 0.15) is 27.7 Å². The van der Waals surface area contributed by atoms with Gasteiger partial charge in [-0.3, -0.25) is 24.9 Å². The number of nitrogens with zero attached hydrogens (tertiary/aromatic N) is 3. The van der Waals surface area contributed by atoms with Gasteiger partial charge in [0.25, 0.3) is 11.6 Å². The number of nitro groups is 1. The molecule has 31 heavy (non-hydrogen) atoms. The zero-order valence-electron chi connectivity index (χ0n) is 16.0. The number of H-pyrrole nitrogens is 1. The largest absolute Gasteiger partial charge is 0.295 e. The summed E-state index contributed by atoms with van der Waals surface area (Å²) in [4.78, 5) is 25.4. The first-order chi connectivity index (χ1) is 15.1. The third-order valence-electron chi connectivity index (χ3n) is 5.35. The number of carbonyl (C=O) groups is 1. The summed E-state index contributed by atoms with van der Waals surface area (Å²) in [5, 5.41) is 18.1. The van der Waals surface area contributed by atoms with Gasteiger partial charge in [0.15, 0.2) is 0 Å². The Morgan fingerprint density at radius 3 is 2.32 bits per heavy atom. The van der Waals surface area contributed by atoms with Crippen molar-refractivity contribution in [3.63, 3.8) is 0 Å². The van der Waals surface area contributed by atoms with Gasteiger partial charge in [-0.05, 0) is 30.3 Å². The van der Waals surface area contributed by atoms with Crippen molar-refractivity contribution in [3.8, 4) is 11.3 Å². The quantitative estimate of drug-likeness (QED) is 0.381. The van der Waals surface area contributed by atoms with Crippen molar-refractivity contribution in [2.75, 3.05) is 4.90 Å². The molecule has 0 spiro atoms. The van der Waals surface area contributed by atoms with Gasteiger partial charge in [-0.15, -0.1) is 0 Å². The van der Waals surface area contributed by atoms with Crippen LogP contribution in [0.5, 0.6) is 0 Å². The standard InChI is InChI=1S/C23H15FN4O3/c24-18-9-5-4-8-17(18)22-19-20(14-10-12-16(13-11-14)28(30)31)25-26-21(19)23(29)27(22)15-6-2-1-3-7-15/h1-13,22H,(H,25,26). The van der Waals surface area contributed by atoms with Crippen LogP contribution in [0.2, 0.25) is 0 Å². The maximum atomic E-state index is 14.9. The highest BCUT2D eigenvalue weighted by Gasteiger charge is 2.44. The second-order valence-corrected chi connectivity index (χ2v) is 7.10. The lowest BCUT2D eigenvalue weighted by atomic mass is 9.95. The number of nitrogens with one attached hydrogen (secondary N) is 1. The van der Waals surface area contributed by atoms with E-state index in [1.807, 2.05) is 18.2 Å². The lowest BCUT2D eigenvalue weighted by Crippen LogP contribution is -2.29. The van der Waals surface area contributed by atoms with Crippen molar-refractivity contribution in [2.24, 2.45) is 0 Å². The van der Waals surface area contributed by atoms with Crippen LogP contribution >= 0.6 is 0 Å².